The highest BCUT2D eigenvalue weighted by atomic mass is 15.2. The summed E-state index contributed by atoms with van der Waals surface area (Å²) in [6.07, 6.45) is 0.977. The lowest BCUT2D eigenvalue weighted by molar-refractivity contribution is 0.996. The molecule has 0 saturated carbocycles. The van der Waals surface area contributed by atoms with Crippen molar-refractivity contribution in [2.24, 2.45) is 0 Å². The molecule has 21 heavy (non-hydrogen) atoms. The van der Waals surface area contributed by atoms with Crippen molar-refractivity contribution in [3.05, 3.63) is 60.2 Å². The summed E-state index contributed by atoms with van der Waals surface area (Å²) in [5.41, 5.74) is 10.5. The van der Waals surface area contributed by atoms with E-state index in [1.165, 1.54) is 5.56 Å². The molecule has 2 aromatic carbocycles. The molecule has 4 nitrogen and oxygen atoms in total. The van der Waals surface area contributed by atoms with Crippen LogP contribution in [0.5, 0.6) is 0 Å². The van der Waals surface area contributed by atoms with Crippen LogP contribution in [0.1, 0.15) is 12.5 Å². The Balaban J connectivity index is 2.18. The average Bonchev–Trinajstić information content (AvgIpc) is 2.55. The van der Waals surface area contributed by atoms with E-state index in [9.17, 15) is 0 Å². The molecule has 0 saturated heterocycles. The molecule has 1 heterocycles. The zero-order valence-corrected chi connectivity index (χ0v) is 11.8. The minimum absolute atomic E-state index is 0.184. The Labute approximate surface area is 123 Å². The van der Waals surface area contributed by atoms with Crippen molar-refractivity contribution < 1.29 is 0 Å². The normalized spacial score (nSPS) is 10.5. The SMILES string of the molecule is CCc1cccc(-c2nnc(N)nc2-c2ccccc2)c1. The quantitative estimate of drug-likeness (QED) is 0.796. The number of anilines is 1. The molecule has 0 radical (unpaired) electrons. The summed E-state index contributed by atoms with van der Waals surface area (Å²) in [6.45, 7) is 2.13. The second kappa shape index (κ2) is 5.71. The molecule has 0 amide bonds. The van der Waals surface area contributed by atoms with Gasteiger partial charge in [0.25, 0.3) is 0 Å². The topological polar surface area (TPSA) is 64.7 Å². The Bertz CT molecular complexity index is 754. The minimum Gasteiger partial charge on any atom is -0.366 e. The Hall–Kier alpha value is -2.75. The number of aryl methyl sites for hydroxylation is 1. The first-order chi connectivity index (χ1) is 10.3. The highest BCUT2D eigenvalue weighted by Gasteiger charge is 2.12. The molecule has 0 aliphatic carbocycles. The predicted molar refractivity (Wildman–Crippen MR) is 84.5 cm³/mol. The maximum absolute atomic E-state index is 5.71. The van der Waals surface area contributed by atoms with Gasteiger partial charge in [-0.1, -0.05) is 55.5 Å². The monoisotopic (exact) mass is 276 g/mol. The van der Waals surface area contributed by atoms with Crippen molar-refractivity contribution in [1.82, 2.24) is 15.2 Å². The van der Waals surface area contributed by atoms with Crippen LogP contribution in [0.15, 0.2) is 54.6 Å². The van der Waals surface area contributed by atoms with Gasteiger partial charge in [0.05, 0.1) is 0 Å². The zero-order chi connectivity index (χ0) is 14.7. The highest BCUT2D eigenvalue weighted by molar-refractivity contribution is 5.78. The molecular weight excluding hydrogens is 260 g/mol. The molecule has 0 unspecified atom stereocenters. The Morgan fingerprint density at radius 3 is 2.38 bits per heavy atom. The Kier molecular flexibility index (Phi) is 3.60. The van der Waals surface area contributed by atoms with Crippen LogP contribution in [-0.2, 0) is 6.42 Å². The lowest BCUT2D eigenvalue weighted by Gasteiger charge is -2.09. The highest BCUT2D eigenvalue weighted by Crippen LogP contribution is 2.29. The fraction of sp³-hybridized carbons (Fsp3) is 0.118. The van der Waals surface area contributed by atoms with E-state index in [0.29, 0.717) is 0 Å². The number of benzene rings is 2. The van der Waals surface area contributed by atoms with Crippen molar-refractivity contribution in [3.63, 3.8) is 0 Å². The number of rotatable bonds is 3. The van der Waals surface area contributed by atoms with Crippen LogP contribution >= 0.6 is 0 Å². The van der Waals surface area contributed by atoms with Crippen LogP contribution in [0.25, 0.3) is 22.5 Å². The van der Waals surface area contributed by atoms with Crippen LogP contribution in [0.3, 0.4) is 0 Å². The van der Waals surface area contributed by atoms with Gasteiger partial charge in [0.15, 0.2) is 0 Å². The van der Waals surface area contributed by atoms with E-state index >= 15 is 0 Å². The molecular formula is C17H16N4. The van der Waals surface area contributed by atoms with Gasteiger partial charge in [0.2, 0.25) is 5.95 Å². The number of hydrogen-bond acceptors (Lipinski definition) is 4. The number of nitrogens with zero attached hydrogens (tertiary/aromatic N) is 3. The third-order valence-electron chi connectivity index (χ3n) is 3.36. The summed E-state index contributed by atoms with van der Waals surface area (Å²) in [7, 11) is 0. The van der Waals surface area contributed by atoms with Crippen LogP contribution < -0.4 is 5.73 Å². The fourth-order valence-electron chi connectivity index (χ4n) is 2.27. The second-order valence-corrected chi connectivity index (χ2v) is 4.79. The van der Waals surface area contributed by atoms with Gasteiger partial charge in [-0.15, -0.1) is 10.2 Å². The number of aromatic nitrogens is 3. The standard InChI is InChI=1S/C17H16N4/c1-2-12-7-6-10-14(11-12)16-15(19-17(18)21-20-16)13-8-4-3-5-9-13/h3-11H,2H2,1H3,(H2,18,19,21). The van der Waals surface area contributed by atoms with Gasteiger partial charge < -0.3 is 5.73 Å². The lowest BCUT2D eigenvalue weighted by Crippen LogP contribution is -2.02. The van der Waals surface area contributed by atoms with Gasteiger partial charge in [0, 0.05) is 11.1 Å². The fourth-order valence-corrected chi connectivity index (χ4v) is 2.27. The maximum atomic E-state index is 5.71. The Morgan fingerprint density at radius 1 is 0.857 bits per heavy atom. The smallest absolute Gasteiger partial charge is 0.240 e. The molecule has 0 aliphatic heterocycles. The van der Waals surface area contributed by atoms with Crippen molar-refractivity contribution in [1.29, 1.82) is 0 Å². The third-order valence-corrected chi connectivity index (χ3v) is 3.36. The van der Waals surface area contributed by atoms with E-state index in [0.717, 1.165) is 28.9 Å². The van der Waals surface area contributed by atoms with E-state index in [1.807, 2.05) is 42.5 Å². The second-order valence-electron chi connectivity index (χ2n) is 4.79. The van der Waals surface area contributed by atoms with E-state index in [1.54, 1.807) is 0 Å². The number of nitrogens with two attached hydrogens (primary N) is 1. The van der Waals surface area contributed by atoms with Crippen LogP contribution in [0.4, 0.5) is 5.95 Å². The summed E-state index contributed by atoms with van der Waals surface area (Å²) in [5.74, 6) is 0.184. The molecule has 1 aromatic heterocycles. The van der Waals surface area contributed by atoms with Gasteiger partial charge in [0.1, 0.15) is 11.4 Å². The van der Waals surface area contributed by atoms with Gasteiger partial charge in [-0.05, 0) is 18.1 Å². The molecule has 4 heteroatoms. The molecule has 0 fully saturated rings. The minimum atomic E-state index is 0.184. The third kappa shape index (κ3) is 2.74. The molecule has 3 rings (SSSR count). The van der Waals surface area contributed by atoms with E-state index in [2.05, 4.69) is 34.2 Å². The van der Waals surface area contributed by atoms with E-state index in [-0.39, 0.29) is 5.95 Å². The van der Waals surface area contributed by atoms with Crippen LogP contribution in [0, 0.1) is 0 Å². The summed E-state index contributed by atoms with van der Waals surface area (Å²) >= 11 is 0. The summed E-state index contributed by atoms with van der Waals surface area (Å²) in [5, 5.41) is 8.18. The molecule has 0 bridgehead atoms. The number of hydrogen-bond donors (Lipinski definition) is 1. The van der Waals surface area contributed by atoms with Crippen molar-refractivity contribution in [3.8, 4) is 22.5 Å². The lowest BCUT2D eigenvalue weighted by atomic mass is 10.0. The first-order valence-electron chi connectivity index (χ1n) is 6.93. The molecule has 0 aliphatic rings. The van der Waals surface area contributed by atoms with Crippen molar-refractivity contribution in [2.45, 2.75) is 13.3 Å². The van der Waals surface area contributed by atoms with Gasteiger partial charge in [-0.25, -0.2) is 4.98 Å². The molecule has 3 aromatic rings. The molecule has 104 valence electrons. The Morgan fingerprint density at radius 2 is 1.62 bits per heavy atom. The summed E-state index contributed by atoms with van der Waals surface area (Å²) in [4.78, 5) is 4.38. The van der Waals surface area contributed by atoms with Gasteiger partial charge >= 0.3 is 0 Å². The summed E-state index contributed by atoms with van der Waals surface area (Å²) in [6, 6.07) is 18.2. The van der Waals surface area contributed by atoms with Crippen LogP contribution in [0.2, 0.25) is 0 Å². The van der Waals surface area contributed by atoms with Crippen molar-refractivity contribution in [2.75, 3.05) is 5.73 Å². The van der Waals surface area contributed by atoms with Gasteiger partial charge in [-0.2, -0.15) is 0 Å². The maximum Gasteiger partial charge on any atom is 0.240 e. The number of nitrogen functional groups attached to an aromatic ring is 1. The van der Waals surface area contributed by atoms with E-state index < -0.39 is 0 Å². The average molecular weight is 276 g/mol. The molecule has 0 spiro atoms. The summed E-state index contributed by atoms with van der Waals surface area (Å²) < 4.78 is 0. The van der Waals surface area contributed by atoms with Crippen LogP contribution in [-0.4, -0.2) is 15.2 Å². The first-order valence-corrected chi connectivity index (χ1v) is 6.93. The van der Waals surface area contributed by atoms with Gasteiger partial charge in [-0.3, -0.25) is 0 Å². The first kappa shape index (κ1) is 13.2. The zero-order valence-electron chi connectivity index (χ0n) is 11.8. The van der Waals surface area contributed by atoms with Crippen molar-refractivity contribution >= 4 is 5.95 Å². The molecule has 2 N–H and O–H groups in total. The largest absolute Gasteiger partial charge is 0.366 e. The molecule has 0 atom stereocenters. The van der Waals surface area contributed by atoms with E-state index in [4.69, 9.17) is 5.73 Å². The predicted octanol–water partition coefficient (Wildman–Crippen LogP) is 3.35.